The highest BCUT2D eigenvalue weighted by atomic mass is 16.1. The Morgan fingerprint density at radius 1 is 0.905 bits per heavy atom. The molecule has 0 radical (unpaired) electrons. The minimum atomic E-state index is 0.313. The van der Waals surface area contributed by atoms with Gasteiger partial charge in [0, 0.05) is 12.0 Å². The molecule has 0 atom stereocenters. The Morgan fingerprint density at radius 3 is 2.14 bits per heavy atom. The maximum atomic E-state index is 12.5. The average Bonchev–Trinajstić information content (AvgIpc) is 2.48. The number of unbranched alkanes of at least 4 members (excludes halogenated alkanes) is 1. The molecule has 0 heterocycles. The van der Waals surface area contributed by atoms with Gasteiger partial charge in [0.15, 0.2) is 0 Å². The zero-order valence-corrected chi connectivity index (χ0v) is 14.0. The van der Waals surface area contributed by atoms with Gasteiger partial charge in [-0.3, -0.25) is 4.79 Å². The van der Waals surface area contributed by atoms with Crippen molar-refractivity contribution in [2.24, 2.45) is 11.8 Å². The second-order valence-electron chi connectivity index (χ2n) is 7.41. The van der Waals surface area contributed by atoms with Crippen molar-refractivity contribution in [1.82, 2.24) is 5.32 Å². The van der Waals surface area contributed by atoms with Crippen LogP contribution in [0.1, 0.15) is 96.8 Å². The zero-order chi connectivity index (χ0) is 14.9. The predicted octanol–water partition coefficient (Wildman–Crippen LogP) is 5.21. The van der Waals surface area contributed by atoms with Crippen LogP contribution < -0.4 is 5.32 Å². The molecule has 122 valence electrons. The van der Waals surface area contributed by atoms with Crippen LogP contribution in [0.3, 0.4) is 0 Å². The van der Waals surface area contributed by atoms with Gasteiger partial charge in [-0.1, -0.05) is 58.3 Å². The van der Waals surface area contributed by atoms with Gasteiger partial charge in [-0.05, 0) is 44.4 Å². The normalized spacial score (nSPS) is 28.6. The molecule has 0 unspecified atom stereocenters. The van der Waals surface area contributed by atoms with Crippen molar-refractivity contribution in [2.45, 2.75) is 103 Å². The van der Waals surface area contributed by atoms with Crippen molar-refractivity contribution < 1.29 is 4.79 Å². The van der Waals surface area contributed by atoms with E-state index in [1.807, 2.05) is 0 Å². The number of carbonyl (C=O) groups excluding carboxylic acids is 1. The second kappa shape index (κ2) is 9.48. The second-order valence-corrected chi connectivity index (χ2v) is 7.41. The van der Waals surface area contributed by atoms with Gasteiger partial charge in [0.25, 0.3) is 0 Å². The van der Waals surface area contributed by atoms with Crippen LogP contribution in [0.5, 0.6) is 0 Å². The molecule has 21 heavy (non-hydrogen) atoms. The van der Waals surface area contributed by atoms with Gasteiger partial charge in [-0.25, -0.2) is 0 Å². The van der Waals surface area contributed by atoms with Gasteiger partial charge in [-0.15, -0.1) is 0 Å². The Hall–Kier alpha value is -0.530. The molecule has 0 saturated heterocycles. The minimum absolute atomic E-state index is 0.313. The summed E-state index contributed by atoms with van der Waals surface area (Å²) in [6.07, 6.45) is 18.0. The smallest absolute Gasteiger partial charge is 0.223 e. The third kappa shape index (κ3) is 6.00. The van der Waals surface area contributed by atoms with Crippen LogP contribution >= 0.6 is 0 Å². The minimum Gasteiger partial charge on any atom is -0.353 e. The number of hydrogen-bond acceptors (Lipinski definition) is 1. The van der Waals surface area contributed by atoms with E-state index >= 15 is 0 Å². The van der Waals surface area contributed by atoms with Gasteiger partial charge < -0.3 is 5.32 Å². The average molecular weight is 293 g/mol. The van der Waals surface area contributed by atoms with Gasteiger partial charge in [-0.2, -0.15) is 0 Å². The Kier molecular flexibility index (Phi) is 7.60. The molecule has 0 aromatic heterocycles. The third-order valence-corrected chi connectivity index (χ3v) is 5.64. The quantitative estimate of drug-likeness (QED) is 0.740. The fourth-order valence-electron chi connectivity index (χ4n) is 4.13. The van der Waals surface area contributed by atoms with E-state index in [1.165, 1.54) is 77.0 Å². The summed E-state index contributed by atoms with van der Waals surface area (Å²) in [6.45, 7) is 2.27. The lowest BCUT2D eigenvalue weighted by atomic mass is 9.79. The van der Waals surface area contributed by atoms with Gasteiger partial charge in [0.05, 0.1) is 0 Å². The van der Waals surface area contributed by atoms with Crippen LogP contribution in [0.2, 0.25) is 0 Å². The van der Waals surface area contributed by atoms with Crippen molar-refractivity contribution in [3.8, 4) is 0 Å². The van der Waals surface area contributed by atoms with E-state index in [9.17, 15) is 4.79 Å². The summed E-state index contributed by atoms with van der Waals surface area (Å²) >= 11 is 0. The Balaban J connectivity index is 1.68. The van der Waals surface area contributed by atoms with Crippen molar-refractivity contribution in [3.05, 3.63) is 0 Å². The van der Waals surface area contributed by atoms with E-state index in [0.29, 0.717) is 17.9 Å². The molecule has 0 aromatic rings. The molecule has 1 amide bonds. The topological polar surface area (TPSA) is 29.1 Å². The zero-order valence-electron chi connectivity index (χ0n) is 14.0. The summed E-state index contributed by atoms with van der Waals surface area (Å²) in [4.78, 5) is 12.5. The third-order valence-electron chi connectivity index (χ3n) is 5.64. The first kappa shape index (κ1) is 16.8. The summed E-state index contributed by atoms with van der Waals surface area (Å²) in [7, 11) is 0. The van der Waals surface area contributed by atoms with E-state index in [2.05, 4.69) is 12.2 Å². The first-order chi connectivity index (χ1) is 10.3. The molecule has 0 bridgehead atoms. The Morgan fingerprint density at radius 2 is 1.52 bits per heavy atom. The molecular formula is C19H35NO. The number of hydrogen-bond donors (Lipinski definition) is 1. The molecule has 0 aliphatic heterocycles. The van der Waals surface area contributed by atoms with Crippen molar-refractivity contribution in [2.75, 3.05) is 0 Å². The molecular weight excluding hydrogens is 258 g/mol. The predicted molar refractivity (Wildman–Crippen MR) is 89.2 cm³/mol. The first-order valence-electron chi connectivity index (χ1n) is 9.60. The van der Waals surface area contributed by atoms with Crippen LogP contribution in [0.15, 0.2) is 0 Å². The van der Waals surface area contributed by atoms with Gasteiger partial charge >= 0.3 is 0 Å². The molecule has 2 rings (SSSR count). The highest BCUT2D eigenvalue weighted by Gasteiger charge is 2.27. The largest absolute Gasteiger partial charge is 0.353 e. The van der Waals surface area contributed by atoms with Crippen LogP contribution in [0, 0.1) is 11.8 Å². The summed E-state index contributed by atoms with van der Waals surface area (Å²) in [5, 5.41) is 3.38. The van der Waals surface area contributed by atoms with Gasteiger partial charge in [0.1, 0.15) is 0 Å². The molecule has 2 aliphatic carbocycles. The molecule has 0 spiro atoms. The number of rotatable bonds is 5. The number of carbonyl (C=O) groups is 1. The standard InChI is InChI=1S/C19H35NO/c1-2-3-9-16-12-14-17(15-13-16)19(21)20-18-10-7-5-4-6-8-11-18/h16-18H,2-15H2,1H3,(H,20,21). The van der Waals surface area contributed by atoms with E-state index in [-0.39, 0.29) is 0 Å². The highest BCUT2D eigenvalue weighted by Crippen LogP contribution is 2.32. The number of nitrogens with one attached hydrogen (secondary N) is 1. The molecule has 2 nitrogen and oxygen atoms in total. The van der Waals surface area contributed by atoms with E-state index in [1.54, 1.807) is 0 Å². The fraction of sp³-hybridized carbons (Fsp3) is 0.947. The molecule has 2 saturated carbocycles. The molecule has 2 heteroatoms. The maximum Gasteiger partial charge on any atom is 0.223 e. The summed E-state index contributed by atoms with van der Waals surface area (Å²) in [6, 6.07) is 0.468. The number of amides is 1. The lowest BCUT2D eigenvalue weighted by molar-refractivity contribution is -0.127. The lowest BCUT2D eigenvalue weighted by Crippen LogP contribution is -2.40. The van der Waals surface area contributed by atoms with Crippen molar-refractivity contribution >= 4 is 5.91 Å². The summed E-state index contributed by atoms with van der Waals surface area (Å²) in [5.41, 5.74) is 0. The lowest BCUT2D eigenvalue weighted by Gasteiger charge is -2.29. The summed E-state index contributed by atoms with van der Waals surface area (Å²) in [5.74, 6) is 1.58. The molecule has 2 aliphatic rings. The van der Waals surface area contributed by atoms with Crippen LogP contribution in [-0.2, 0) is 4.79 Å². The van der Waals surface area contributed by atoms with E-state index in [0.717, 1.165) is 18.8 Å². The SMILES string of the molecule is CCCCC1CCC(C(=O)NC2CCCCCCC2)CC1. The monoisotopic (exact) mass is 293 g/mol. The fourth-order valence-corrected chi connectivity index (χ4v) is 4.13. The molecule has 2 fully saturated rings. The van der Waals surface area contributed by atoms with Crippen LogP contribution in [-0.4, -0.2) is 11.9 Å². The Bertz CT molecular complexity index is 286. The highest BCUT2D eigenvalue weighted by molar-refractivity contribution is 5.79. The van der Waals surface area contributed by atoms with Crippen molar-refractivity contribution in [1.29, 1.82) is 0 Å². The maximum absolute atomic E-state index is 12.5. The Labute approximate surface area is 131 Å². The molecule has 0 aromatic carbocycles. The van der Waals surface area contributed by atoms with E-state index < -0.39 is 0 Å². The summed E-state index contributed by atoms with van der Waals surface area (Å²) < 4.78 is 0. The van der Waals surface area contributed by atoms with E-state index in [4.69, 9.17) is 0 Å². The molecule has 1 N–H and O–H groups in total. The van der Waals surface area contributed by atoms with Crippen LogP contribution in [0.25, 0.3) is 0 Å². The van der Waals surface area contributed by atoms with Gasteiger partial charge in [0.2, 0.25) is 5.91 Å². The van der Waals surface area contributed by atoms with Crippen molar-refractivity contribution in [3.63, 3.8) is 0 Å². The van der Waals surface area contributed by atoms with Crippen LogP contribution in [0.4, 0.5) is 0 Å². The first-order valence-corrected chi connectivity index (χ1v) is 9.60.